The van der Waals surface area contributed by atoms with Gasteiger partial charge in [-0.25, -0.2) is 0 Å². The number of nitrogens with one attached hydrogen (secondary N) is 1. The molecule has 0 aliphatic carbocycles. The summed E-state index contributed by atoms with van der Waals surface area (Å²) in [5.74, 6) is 2.46. The summed E-state index contributed by atoms with van der Waals surface area (Å²) >= 11 is 1.70. The summed E-state index contributed by atoms with van der Waals surface area (Å²) in [5.41, 5.74) is 0. The predicted molar refractivity (Wildman–Crippen MR) is 90.7 cm³/mol. The van der Waals surface area contributed by atoms with Gasteiger partial charge in [0.05, 0.1) is 5.88 Å². The van der Waals surface area contributed by atoms with Crippen molar-refractivity contribution >= 4 is 23.6 Å². The highest BCUT2D eigenvalue weighted by Gasteiger charge is 2.37. The molecule has 0 bridgehead atoms. The Morgan fingerprint density at radius 1 is 1.27 bits per heavy atom. The van der Waals surface area contributed by atoms with E-state index in [0.29, 0.717) is 12.3 Å². The molecule has 5 nitrogen and oxygen atoms in total. The molecular weight excluding hydrogens is 298 g/mol. The summed E-state index contributed by atoms with van der Waals surface area (Å²) in [6, 6.07) is -0.224. The second kappa shape index (κ2) is 8.77. The van der Waals surface area contributed by atoms with E-state index in [1.165, 1.54) is 6.42 Å². The monoisotopic (exact) mass is 327 g/mol. The van der Waals surface area contributed by atoms with Crippen LogP contribution in [-0.4, -0.2) is 66.0 Å². The summed E-state index contributed by atoms with van der Waals surface area (Å²) < 4.78 is 0. The van der Waals surface area contributed by atoms with Crippen LogP contribution in [0.1, 0.15) is 39.0 Å². The van der Waals surface area contributed by atoms with Crippen LogP contribution in [0.15, 0.2) is 0 Å². The standard InChI is InChI=1S/C16H29N3O2S/c1-3-4-15(20)19-12-22-11-14(19)16(21)18-9-6-13(7-10-18)5-8-17-2/h13-14,17H,3-12H2,1-2H3. The zero-order valence-electron chi connectivity index (χ0n) is 13.8. The van der Waals surface area contributed by atoms with Crippen LogP contribution in [0.25, 0.3) is 0 Å². The van der Waals surface area contributed by atoms with Gasteiger partial charge < -0.3 is 15.1 Å². The molecule has 0 radical (unpaired) electrons. The molecule has 0 spiro atoms. The molecule has 2 amide bonds. The molecule has 2 aliphatic heterocycles. The molecule has 0 aromatic rings. The number of hydrogen-bond donors (Lipinski definition) is 1. The smallest absolute Gasteiger partial charge is 0.246 e. The van der Waals surface area contributed by atoms with E-state index >= 15 is 0 Å². The van der Waals surface area contributed by atoms with Crippen LogP contribution in [0.2, 0.25) is 0 Å². The van der Waals surface area contributed by atoms with Crippen molar-refractivity contribution in [3.8, 4) is 0 Å². The van der Waals surface area contributed by atoms with Crippen molar-refractivity contribution in [1.29, 1.82) is 0 Å². The average Bonchev–Trinajstić information content (AvgIpc) is 3.02. The number of nitrogens with zero attached hydrogens (tertiary/aromatic N) is 2. The van der Waals surface area contributed by atoms with Crippen molar-refractivity contribution < 1.29 is 9.59 Å². The van der Waals surface area contributed by atoms with Gasteiger partial charge in [0.15, 0.2) is 0 Å². The lowest BCUT2D eigenvalue weighted by atomic mass is 9.93. The quantitative estimate of drug-likeness (QED) is 0.804. The molecule has 1 N–H and O–H groups in total. The van der Waals surface area contributed by atoms with Gasteiger partial charge in [0, 0.05) is 25.3 Å². The van der Waals surface area contributed by atoms with E-state index in [4.69, 9.17) is 0 Å². The van der Waals surface area contributed by atoms with Gasteiger partial charge in [-0.2, -0.15) is 0 Å². The Morgan fingerprint density at radius 2 is 2.00 bits per heavy atom. The molecule has 1 atom stereocenters. The molecule has 2 heterocycles. The van der Waals surface area contributed by atoms with E-state index in [1.54, 1.807) is 16.7 Å². The van der Waals surface area contributed by atoms with Gasteiger partial charge in [-0.05, 0) is 45.2 Å². The minimum atomic E-state index is -0.224. The molecule has 0 aromatic heterocycles. The van der Waals surface area contributed by atoms with Crippen molar-refractivity contribution in [3.63, 3.8) is 0 Å². The van der Waals surface area contributed by atoms with E-state index in [2.05, 4.69) is 5.32 Å². The number of piperidine rings is 1. The van der Waals surface area contributed by atoms with E-state index in [9.17, 15) is 9.59 Å². The minimum Gasteiger partial charge on any atom is -0.341 e. The highest BCUT2D eigenvalue weighted by molar-refractivity contribution is 7.99. The van der Waals surface area contributed by atoms with Crippen molar-refractivity contribution in [3.05, 3.63) is 0 Å². The summed E-state index contributed by atoms with van der Waals surface area (Å²) in [6.07, 6.45) is 4.78. The topological polar surface area (TPSA) is 52.7 Å². The van der Waals surface area contributed by atoms with Gasteiger partial charge in [-0.1, -0.05) is 6.92 Å². The first-order chi connectivity index (χ1) is 10.7. The molecule has 2 rings (SSSR count). The van der Waals surface area contributed by atoms with E-state index in [1.807, 2.05) is 18.9 Å². The molecule has 2 fully saturated rings. The maximum absolute atomic E-state index is 12.7. The number of thioether (sulfide) groups is 1. The molecule has 2 saturated heterocycles. The third-order valence-electron chi connectivity index (χ3n) is 4.68. The van der Waals surface area contributed by atoms with Crippen LogP contribution in [0, 0.1) is 5.92 Å². The Balaban J connectivity index is 1.85. The SMILES string of the molecule is CCCC(=O)N1CSCC1C(=O)N1CCC(CCNC)CC1. The van der Waals surface area contributed by atoms with Gasteiger partial charge in [0.25, 0.3) is 0 Å². The van der Waals surface area contributed by atoms with Crippen molar-refractivity contribution in [2.75, 3.05) is 38.3 Å². The van der Waals surface area contributed by atoms with Crippen LogP contribution < -0.4 is 5.32 Å². The molecule has 0 saturated carbocycles. The van der Waals surface area contributed by atoms with Gasteiger partial charge in [-0.3, -0.25) is 9.59 Å². The fourth-order valence-electron chi connectivity index (χ4n) is 3.25. The fourth-order valence-corrected chi connectivity index (χ4v) is 4.42. The second-order valence-corrected chi connectivity index (χ2v) is 7.29. The lowest BCUT2D eigenvalue weighted by molar-refractivity contribution is -0.144. The number of likely N-dealkylation sites (tertiary alicyclic amines) is 1. The lowest BCUT2D eigenvalue weighted by Crippen LogP contribution is -2.51. The zero-order chi connectivity index (χ0) is 15.9. The first-order valence-electron chi connectivity index (χ1n) is 8.48. The maximum Gasteiger partial charge on any atom is 0.246 e. The van der Waals surface area contributed by atoms with E-state index in [0.717, 1.165) is 50.6 Å². The zero-order valence-corrected chi connectivity index (χ0v) is 14.7. The minimum absolute atomic E-state index is 0.134. The summed E-state index contributed by atoms with van der Waals surface area (Å²) in [7, 11) is 1.98. The van der Waals surface area contributed by atoms with E-state index in [-0.39, 0.29) is 17.9 Å². The highest BCUT2D eigenvalue weighted by Crippen LogP contribution is 2.26. The number of hydrogen-bond acceptors (Lipinski definition) is 4. The third kappa shape index (κ3) is 4.38. The Kier molecular flexibility index (Phi) is 7.02. The number of carbonyl (C=O) groups is 2. The Morgan fingerprint density at radius 3 is 2.64 bits per heavy atom. The fraction of sp³-hybridized carbons (Fsp3) is 0.875. The predicted octanol–water partition coefficient (Wildman–Crippen LogP) is 1.54. The molecule has 2 aliphatic rings. The molecule has 1 unspecified atom stereocenters. The van der Waals surface area contributed by atoms with Crippen molar-refractivity contribution in [1.82, 2.24) is 15.1 Å². The van der Waals surface area contributed by atoms with Crippen LogP contribution in [0.3, 0.4) is 0 Å². The van der Waals surface area contributed by atoms with Gasteiger partial charge in [0.1, 0.15) is 6.04 Å². The molecule has 22 heavy (non-hydrogen) atoms. The largest absolute Gasteiger partial charge is 0.341 e. The van der Waals surface area contributed by atoms with Crippen molar-refractivity contribution in [2.24, 2.45) is 5.92 Å². The van der Waals surface area contributed by atoms with Crippen LogP contribution in [0.5, 0.6) is 0 Å². The second-order valence-electron chi connectivity index (χ2n) is 6.29. The molecular formula is C16H29N3O2S. The normalized spacial score (nSPS) is 23.1. The third-order valence-corrected chi connectivity index (χ3v) is 5.69. The first kappa shape index (κ1) is 17.6. The first-order valence-corrected chi connectivity index (χ1v) is 9.63. The summed E-state index contributed by atoms with van der Waals surface area (Å²) in [5, 5.41) is 3.20. The van der Waals surface area contributed by atoms with Crippen LogP contribution >= 0.6 is 11.8 Å². The molecule has 6 heteroatoms. The molecule has 126 valence electrons. The van der Waals surface area contributed by atoms with Crippen molar-refractivity contribution in [2.45, 2.75) is 45.1 Å². The number of rotatable bonds is 6. The van der Waals surface area contributed by atoms with Gasteiger partial charge >= 0.3 is 0 Å². The van der Waals surface area contributed by atoms with Gasteiger partial charge in [0.2, 0.25) is 11.8 Å². The molecule has 0 aromatic carbocycles. The summed E-state index contributed by atoms with van der Waals surface area (Å²) in [6.45, 7) is 4.76. The van der Waals surface area contributed by atoms with Crippen LogP contribution in [-0.2, 0) is 9.59 Å². The lowest BCUT2D eigenvalue weighted by Gasteiger charge is -2.35. The maximum atomic E-state index is 12.7. The number of carbonyl (C=O) groups excluding carboxylic acids is 2. The van der Waals surface area contributed by atoms with Crippen LogP contribution in [0.4, 0.5) is 0 Å². The number of amides is 2. The Hall–Kier alpha value is -0.750. The Labute approximate surface area is 138 Å². The highest BCUT2D eigenvalue weighted by atomic mass is 32.2. The van der Waals surface area contributed by atoms with Gasteiger partial charge in [-0.15, -0.1) is 11.8 Å². The Bertz CT molecular complexity index is 384. The average molecular weight is 327 g/mol. The summed E-state index contributed by atoms with van der Waals surface area (Å²) in [4.78, 5) is 28.7. The van der Waals surface area contributed by atoms with E-state index < -0.39 is 0 Å².